The van der Waals surface area contributed by atoms with Crippen LogP contribution in [0, 0.1) is 3.57 Å². The Labute approximate surface area is 171 Å². The standard InChI is InChI=1S/C19H19ClINO4/c20-13-3-8-18(26-11-16-2-1-9-24-16)17(10-13)22-19(23)12-25-15-6-4-14(21)5-7-15/h3-8,10,16H,1-2,9,11-12H2,(H,22,23). The summed E-state index contributed by atoms with van der Waals surface area (Å²) in [4.78, 5) is 12.2. The normalized spacial score (nSPS) is 16.3. The van der Waals surface area contributed by atoms with Crippen LogP contribution in [-0.2, 0) is 9.53 Å². The van der Waals surface area contributed by atoms with Crippen LogP contribution in [0.15, 0.2) is 42.5 Å². The van der Waals surface area contributed by atoms with E-state index in [-0.39, 0.29) is 18.6 Å². The number of amides is 1. The van der Waals surface area contributed by atoms with Gasteiger partial charge in [-0.05, 0) is 77.9 Å². The molecule has 1 atom stereocenters. The zero-order valence-corrected chi connectivity index (χ0v) is 17.0. The topological polar surface area (TPSA) is 56.8 Å². The number of anilines is 1. The highest BCUT2D eigenvalue weighted by atomic mass is 127. The van der Waals surface area contributed by atoms with E-state index in [4.69, 9.17) is 25.8 Å². The summed E-state index contributed by atoms with van der Waals surface area (Å²) in [5, 5.41) is 3.31. The Hall–Kier alpha value is -1.51. The average molecular weight is 488 g/mol. The van der Waals surface area contributed by atoms with Crippen molar-refractivity contribution in [2.75, 3.05) is 25.1 Å². The van der Waals surface area contributed by atoms with Crippen molar-refractivity contribution in [3.63, 3.8) is 0 Å². The lowest BCUT2D eigenvalue weighted by Gasteiger charge is -2.15. The van der Waals surface area contributed by atoms with Gasteiger partial charge in [-0.25, -0.2) is 0 Å². The average Bonchev–Trinajstić information content (AvgIpc) is 3.14. The van der Waals surface area contributed by atoms with Gasteiger partial charge in [-0.2, -0.15) is 0 Å². The molecule has 1 amide bonds. The minimum Gasteiger partial charge on any atom is -0.489 e. The zero-order valence-electron chi connectivity index (χ0n) is 14.0. The van der Waals surface area contributed by atoms with E-state index in [2.05, 4.69) is 27.9 Å². The number of ether oxygens (including phenoxy) is 3. The maximum absolute atomic E-state index is 12.2. The van der Waals surface area contributed by atoms with Gasteiger partial charge in [0.15, 0.2) is 6.61 Å². The molecule has 1 N–H and O–H groups in total. The number of rotatable bonds is 7. The monoisotopic (exact) mass is 487 g/mol. The second-order valence-corrected chi connectivity index (χ2v) is 7.56. The third-order valence-electron chi connectivity index (χ3n) is 3.85. The molecule has 0 bridgehead atoms. The van der Waals surface area contributed by atoms with Crippen LogP contribution in [0.3, 0.4) is 0 Å². The molecular weight excluding hydrogens is 469 g/mol. The molecule has 1 saturated heterocycles. The summed E-state index contributed by atoms with van der Waals surface area (Å²) >= 11 is 8.26. The Morgan fingerprint density at radius 2 is 2.04 bits per heavy atom. The summed E-state index contributed by atoms with van der Waals surface area (Å²) in [6.07, 6.45) is 2.13. The molecule has 1 unspecified atom stereocenters. The number of halogens is 2. The molecule has 5 nitrogen and oxygen atoms in total. The first-order valence-electron chi connectivity index (χ1n) is 8.32. The first-order chi connectivity index (χ1) is 12.6. The quantitative estimate of drug-likeness (QED) is 0.584. The minimum absolute atomic E-state index is 0.0958. The van der Waals surface area contributed by atoms with Crippen LogP contribution >= 0.6 is 34.2 Å². The molecular formula is C19H19ClINO4. The highest BCUT2D eigenvalue weighted by Crippen LogP contribution is 2.29. The van der Waals surface area contributed by atoms with Gasteiger partial charge in [0, 0.05) is 15.2 Å². The molecule has 1 fully saturated rings. The molecule has 1 aliphatic rings. The van der Waals surface area contributed by atoms with Crippen molar-refractivity contribution in [1.82, 2.24) is 0 Å². The summed E-state index contributed by atoms with van der Waals surface area (Å²) in [6.45, 7) is 1.12. The van der Waals surface area contributed by atoms with Crippen molar-refractivity contribution >= 4 is 45.8 Å². The van der Waals surface area contributed by atoms with E-state index in [0.29, 0.717) is 28.8 Å². The first kappa shape index (κ1) is 19.3. The maximum atomic E-state index is 12.2. The molecule has 1 heterocycles. The lowest BCUT2D eigenvalue weighted by atomic mass is 10.2. The van der Waals surface area contributed by atoms with Crippen LogP contribution in [0.4, 0.5) is 5.69 Å². The third kappa shape index (κ3) is 5.75. The molecule has 0 spiro atoms. The van der Waals surface area contributed by atoms with E-state index >= 15 is 0 Å². The van der Waals surface area contributed by atoms with Gasteiger partial charge in [0.1, 0.15) is 18.1 Å². The molecule has 2 aromatic rings. The number of hydrogen-bond acceptors (Lipinski definition) is 4. The Morgan fingerprint density at radius 3 is 2.77 bits per heavy atom. The second-order valence-electron chi connectivity index (χ2n) is 5.88. The van der Waals surface area contributed by atoms with Gasteiger partial charge in [-0.1, -0.05) is 11.6 Å². The SMILES string of the molecule is O=C(COc1ccc(I)cc1)Nc1cc(Cl)ccc1OCC1CCCO1. The van der Waals surface area contributed by atoms with Crippen molar-refractivity contribution in [3.05, 3.63) is 51.1 Å². The van der Waals surface area contributed by atoms with E-state index in [1.165, 1.54) is 0 Å². The Morgan fingerprint density at radius 1 is 1.23 bits per heavy atom. The van der Waals surface area contributed by atoms with Gasteiger partial charge in [-0.3, -0.25) is 4.79 Å². The smallest absolute Gasteiger partial charge is 0.262 e. The van der Waals surface area contributed by atoms with Crippen molar-refractivity contribution in [2.45, 2.75) is 18.9 Å². The van der Waals surface area contributed by atoms with Crippen molar-refractivity contribution in [1.29, 1.82) is 0 Å². The summed E-state index contributed by atoms with van der Waals surface area (Å²) < 4.78 is 18.0. The highest BCUT2D eigenvalue weighted by Gasteiger charge is 2.17. The maximum Gasteiger partial charge on any atom is 0.262 e. The molecule has 1 aliphatic heterocycles. The number of hydrogen-bond donors (Lipinski definition) is 1. The zero-order chi connectivity index (χ0) is 18.4. The van der Waals surface area contributed by atoms with Crippen LogP contribution < -0.4 is 14.8 Å². The minimum atomic E-state index is -0.284. The van der Waals surface area contributed by atoms with Crippen molar-refractivity contribution < 1.29 is 19.0 Å². The summed E-state index contributed by atoms with van der Waals surface area (Å²) in [5.41, 5.74) is 0.520. The lowest BCUT2D eigenvalue weighted by Crippen LogP contribution is -2.21. The van der Waals surface area contributed by atoms with Gasteiger partial charge >= 0.3 is 0 Å². The molecule has 2 aromatic carbocycles. The van der Waals surface area contributed by atoms with E-state index < -0.39 is 0 Å². The first-order valence-corrected chi connectivity index (χ1v) is 9.78. The third-order valence-corrected chi connectivity index (χ3v) is 4.80. The van der Waals surface area contributed by atoms with Crippen LogP contribution in [0.5, 0.6) is 11.5 Å². The van der Waals surface area contributed by atoms with Gasteiger partial charge in [-0.15, -0.1) is 0 Å². The van der Waals surface area contributed by atoms with Crippen molar-refractivity contribution in [2.24, 2.45) is 0 Å². The summed E-state index contributed by atoms with van der Waals surface area (Å²) in [5.74, 6) is 0.918. The molecule has 7 heteroatoms. The van der Waals surface area contributed by atoms with Gasteiger partial charge in [0.05, 0.1) is 11.8 Å². The molecule has 0 aromatic heterocycles. The lowest BCUT2D eigenvalue weighted by molar-refractivity contribution is -0.118. The fraction of sp³-hybridized carbons (Fsp3) is 0.316. The summed E-state index contributed by atoms with van der Waals surface area (Å²) in [6, 6.07) is 12.6. The van der Waals surface area contributed by atoms with Gasteiger partial charge < -0.3 is 19.5 Å². The van der Waals surface area contributed by atoms with Crippen LogP contribution in [0.1, 0.15) is 12.8 Å². The Kier molecular flexibility index (Phi) is 6.99. The summed E-state index contributed by atoms with van der Waals surface area (Å²) in [7, 11) is 0. The number of nitrogens with one attached hydrogen (secondary N) is 1. The van der Waals surface area contributed by atoms with Crippen LogP contribution in [0.25, 0.3) is 0 Å². The van der Waals surface area contributed by atoms with E-state index in [1.54, 1.807) is 18.2 Å². The predicted molar refractivity (Wildman–Crippen MR) is 109 cm³/mol. The Balaban J connectivity index is 1.57. The largest absolute Gasteiger partial charge is 0.489 e. The van der Waals surface area contributed by atoms with Crippen LogP contribution in [0.2, 0.25) is 5.02 Å². The number of carbonyl (C=O) groups is 1. The van der Waals surface area contributed by atoms with E-state index in [1.807, 2.05) is 24.3 Å². The fourth-order valence-electron chi connectivity index (χ4n) is 2.55. The van der Waals surface area contributed by atoms with Crippen molar-refractivity contribution in [3.8, 4) is 11.5 Å². The fourth-order valence-corrected chi connectivity index (χ4v) is 3.08. The molecule has 0 radical (unpaired) electrons. The molecule has 138 valence electrons. The molecule has 0 saturated carbocycles. The van der Waals surface area contributed by atoms with E-state index in [9.17, 15) is 4.79 Å². The highest BCUT2D eigenvalue weighted by molar-refractivity contribution is 14.1. The predicted octanol–water partition coefficient (Wildman–Crippen LogP) is 4.52. The van der Waals surface area contributed by atoms with E-state index in [0.717, 1.165) is 23.0 Å². The van der Waals surface area contributed by atoms with Gasteiger partial charge in [0.2, 0.25) is 0 Å². The number of carbonyl (C=O) groups excluding carboxylic acids is 1. The molecule has 26 heavy (non-hydrogen) atoms. The van der Waals surface area contributed by atoms with Gasteiger partial charge in [0.25, 0.3) is 5.91 Å². The Bertz CT molecular complexity index is 748. The second kappa shape index (κ2) is 9.43. The molecule has 3 rings (SSSR count). The molecule has 0 aliphatic carbocycles. The van der Waals surface area contributed by atoms with Crippen LogP contribution in [-0.4, -0.2) is 31.8 Å². The number of benzene rings is 2.